The molecule has 0 aliphatic rings. The summed E-state index contributed by atoms with van der Waals surface area (Å²) in [6.45, 7) is 3.17. The van der Waals surface area contributed by atoms with Crippen LogP contribution in [0, 0.1) is 0 Å². The van der Waals surface area contributed by atoms with Crippen LogP contribution in [0.5, 0.6) is 0 Å². The van der Waals surface area contributed by atoms with Crippen LogP contribution in [0.4, 0.5) is 5.69 Å². The first-order valence-electron chi connectivity index (χ1n) is 9.93. The number of anilines is 1. The lowest BCUT2D eigenvalue weighted by molar-refractivity contribution is -0.125. The minimum Gasteiger partial charge on any atom is -0.397 e. The molecule has 3 aromatic rings. The number of nitrogens with zero attached hydrogens (tertiary/aromatic N) is 2. The molecule has 2 amide bonds. The number of ketones is 1. The summed E-state index contributed by atoms with van der Waals surface area (Å²) in [6, 6.07) is 14.3. The third kappa shape index (κ3) is 4.35. The molecule has 0 saturated carbocycles. The Kier molecular flexibility index (Phi) is 6.51. The van der Waals surface area contributed by atoms with Gasteiger partial charge in [0, 0.05) is 43.8 Å². The molecule has 0 radical (unpaired) electrons. The number of aromatic amines is 1. The molecular weight excluding hydrogens is 380 g/mol. The number of rotatable bonds is 8. The highest BCUT2D eigenvalue weighted by molar-refractivity contribution is 6.45. The van der Waals surface area contributed by atoms with Crippen molar-refractivity contribution in [1.82, 2.24) is 14.8 Å². The number of hydrogen-bond donors (Lipinski definition) is 2. The van der Waals surface area contributed by atoms with E-state index in [1.807, 2.05) is 25.1 Å². The fourth-order valence-corrected chi connectivity index (χ4v) is 3.37. The van der Waals surface area contributed by atoms with E-state index < -0.39 is 11.7 Å². The number of Topliss-reactive ketones (excluding diaryl/α,β-unsaturated/α-hetero) is 1. The second-order valence-electron chi connectivity index (χ2n) is 7.19. The topological polar surface area (TPSA) is 99.5 Å². The second kappa shape index (κ2) is 9.26. The standard InChI is InChI=1S/C23H26N4O3/c1-3-12-27(22(29)16-8-5-4-6-9-16)14-13-26(2)23(30)21(28)18-15-25-20-17(18)10-7-11-19(20)24/h4-11,15,25H,3,12-14,24H2,1-2H3. The second-order valence-corrected chi connectivity index (χ2v) is 7.19. The van der Waals surface area contributed by atoms with Crippen LogP contribution in [0.25, 0.3) is 10.9 Å². The highest BCUT2D eigenvalue weighted by Gasteiger charge is 2.24. The Labute approximate surface area is 175 Å². The van der Waals surface area contributed by atoms with Crippen molar-refractivity contribution < 1.29 is 14.4 Å². The van der Waals surface area contributed by atoms with Crippen molar-refractivity contribution in [2.45, 2.75) is 13.3 Å². The molecule has 3 N–H and O–H groups in total. The van der Waals surface area contributed by atoms with E-state index in [0.717, 1.165) is 6.42 Å². The smallest absolute Gasteiger partial charge is 0.294 e. The van der Waals surface area contributed by atoms with Gasteiger partial charge in [-0.2, -0.15) is 0 Å². The fourth-order valence-electron chi connectivity index (χ4n) is 3.37. The van der Waals surface area contributed by atoms with Crippen molar-refractivity contribution >= 4 is 34.2 Å². The van der Waals surface area contributed by atoms with Crippen LogP contribution in [-0.4, -0.2) is 59.1 Å². The molecule has 0 bridgehead atoms. The number of benzene rings is 2. The number of aromatic nitrogens is 1. The number of carbonyl (C=O) groups is 3. The van der Waals surface area contributed by atoms with Crippen molar-refractivity contribution in [2.75, 3.05) is 32.4 Å². The third-order valence-electron chi connectivity index (χ3n) is 5.04. The molecule has 7 nitrogen and oxygen atoms in total. The van der Waals surface area contributed by atoms with Gasteiger partial charge in [-0.25, -0.2) is 0 Å². The monoisotopic (exact) mass is 406 g/mol. The Morgan fingerprint density at radius 2 is 1.70 bits per heavy atom. The number of carbonyl (C=O) groups excluding carboxylic acids is 3. The first-order chi connectivity index (χ1) is 14.4. The Hall–Kier alpha value is -3.61. The van der Waals surface area contributed by atoms with Gasteiger partial charge in [-0.15, -0.1) is 0 Å². The summed E-state index contributed by atoms with van der Waals surface area (Å²) in [6.07, 6.45) is 2.31. The predicted molar refractivity (Wildman–Crippen MR) is 117 cm³/mol. The number of hydrogen-bond acceptors (Lipinski definition) is 4. The summed E-state index contributed by atoms with van der Waals surface area (Å²) in [5, 5.41) is 0.619. The zero-order valence-electron chi connectivity index (χ0n) is 17.2. The molecule has 0 spiro atoms. The van der Waals surface area contributed by atoms with Crippen LogP contribution in [0.15, 0.2) is 54.7 Å². The van der Waals surface area contributed by atoms with Crippen molar-refractivity contribution in [2.24, 2.45) is 0 Å². The van der Waals surface area contributed by atoms with Gasteiger partial charge >= 0.3 is 0 Å². The summed E-state index contributed by atoms with van der Waals surface area (Å²) in [7, 11) is 1.57. The molecule has 0 unspecified atom stereocenters. The number of para-hydroxylation sites is 1. The molecule has 3 rings (SSSR count). The number of H-pyrrole nitrogens is 1. The largest absolute Gasteiger partial charge is 0.397 e. The van der Waals surface area contributed by atoms with E-state index in [2.05, 4.69) is 4.98 Å². The van der Waals surface area contributed by atoms with Gasteiger partial charge in [-0.3, -0.25) is 14.4 Å². The molecule has 0 atom stereocenters. The Morgan fingerprint density at radius 3 is 2.40 bits per heavy atom. The Morgan fingerprint density at radius 1 is 0.967 bits per heavy atom. The van der Waals surface area contributed by atoms with Crippen molar-refractivity contribution in [1.29, 1.82) is 0 Å². The molecule has 2 aromatic carbocycles. The lowest BCUT2D eigenvalue weighted by atomic mass is 10.1. The highest BCUT2D eigenvalue weighted by atomic mass is 16.2. The van der Waals surface area contributed by atoms with Crippen molar-refractivity contribution in [3.05, 3.63) is 65.9 Å². The van der Waals surface area contributed by atoms with Crippen LogP contribution in [0.2, 0.25) is 0 Å². The van der Waals surface area contributed by atoms with Crippen LogP contribution < -0.4 is 5.73 Å². The maximum Gasteiger partial charge on any atom is 0.294 e. The van der Waals surface area contributed by atoms with E-state index in [1.54, 1.807) is 42.3 Å². The number of nitrogens with two attached hydrogens (primary N) is 1. The Bertz CT molecular complexity index is 1060. The van der Waals surface area contributed by atoms with Crippen molar-refractivity contribution in [3.8, 4) is 0 Å². The predicted octanol–water partition coefficient (Wildman–Crippen LogP) is 2.94. The zero-order valence-corrected chi connectivity index (χ0v) is 17.2. The van der Waals surface area contributed by atoms with E-state index >= 15 is 0 Å². The van der Waals surface area contributed by atoms with E-state index in [9.17, 15) is 14.4 Å². The molecule has 0 fully saturated rings. The van der Waals surface area contributed by atoms with Crippen molar-refractivity contribution in [3.63, 3.8) is 0 Å². The SMILES string of the molecule is CCCN(CCN(C)C(=O)C(=O)c1c[nH]c2c(N)cccc12)C(=O)c1ccccc1. The van der Waals surface area contributed by atoms with Gasteiger partial charge in [-0.05, 0) is 24.6 Å². The van der Waals surface area contributed by atoms with E-state index in [-0.39, 0.29) is 12.5 Å². The average molecular weight is 406 g/mol. The maximum atomic E-state index is 12.8. The molecule has 156 valence electrons. The third-order valence-corrected chi connectivity index (χ3v) is 5.04. The van der Waals surface area contributed by atoms with E-state index in [4.69, 9.17) is 5.73 Å². The number of likely N-dealkylation sites (N-methyl/N-ethyl adjacent to an activating group) is 1. The van der Waals surface area contributed by atoms with Gasteiger partial charge < -0.3 is 20.5 Å². The molecule has 30 heavy (non-hydrogen) atoms. The summed E-state index contributed by atoms with van der Waals surface area (Å²) in [4.78, 5) is 44.3. The molecule has 0 saturated heterocycles. The number of amides is 2. The number of nitrogens with one attached hydrogen (secondary N) is 1. The number of fused-ring (bicyclic) bond motifs is 1. The van der Waals surface area contributed by atoms with Crippen LogP contribution >= 0.6 is 0 Å². The summed E-state index contributed by atoms with van der Waals surface area (Å²) in [5.41, 5.74) is 7.97. The lowest BCUT2D eigenvalue weighted by Crippen LogP contribution is -2.41. The zero-order chi connectivity index (χ0) is 21.7. The van der Waals surface area contributed by atoms with Gasteiger partial charge in [-0.1, -0.05) is 37.3 Å². The molecule has 0 aliphatic carbocycles. The average Bonchev–Trinajstić information content (AvgIpc) is 3.21. The van der Waals surface area contributed by atoms with Crippen LogP contribution in [0.3, 0.4) is 0 Å². The quantitative estimate of drug-likeness (QED) is 0.341. The van der Waals surface area contributed by atoms with E-state index in [1.165, 1.54) is 11.1 Å². The normalized spacial score (nSPS) is 10.7. The molecule has 7 heteroatoms. The van der Waals surface area contributed by atoms with Gasteiger partial charge in [0.15, 0.2) is 0 Å². The number of nitrogen functional groups attached to an aromatic ring is 1. The molecular formula is C23H26N4O3. The summed E-state index contributed by atoms with van der Waals surface area (Å²) >= 11 is 0. The summed E-state index contributed by atoms with van der Waals surface area (Å²) < 4.78 is 0. The Balaban J connectivity index is 1.68. The first-order valence-corrected chi connectivity index (χ1v) is 9.93. The van der Waals surface area contributed by atoms with Gasteiger partial charge in [0.2, 0.25) is 0 Å². The van der Waals surface area contributed by atoms with Crippen LogP contribution in [0.1, 0.15) is 34.1 Å². The maximum absolute atomic E-state index is 12.8. The lowest BCUT2D eigenvalue weighted by Gasteiger charge is -2.25. The van der Waals surface area contributed by atoms with Gasteiger partial charge in [0.1, 0.15) is 0 Å². The minimum atomic E-state index is -0.623. The molecule has 1 aromatic heterocycles. The van der Waals surface area contributed by atoms with Gasteiger partial charge in [0.05, 0.1) is 16.8 Å². The fraction of sp³-hybridized carbons (Fsp3) is 0.261. The highest BCUT2D eigenvalue weighted by Crippen LogP contribution is 2.23. The summed E-state index contributed by atoms with van der Waals surface area (Å²) in [5.74, 6) is -1.32. The molecule has 1 heterocycles. The van der Waals surface area contributed by atoms with E-state index in [0.29, 0.717) is 40.8 Å². The van der Waals surface area contributed by atoms with Gasteiger partial charge in [0.25, 0.3) is 17.6 Å². The van der Waals surface area contributed by atoms with Crippen LogP contribution in [-0.2, 0) is 4.79 Å². The minimum absolute atomic E-state index is 0.0864. The molecule has 0 aliphatic heterocycles. The first kappa shape index (κ1) is 21.1.